The van der Waals surface area contributed by atoms with Gasteiger partial charge in [0.05, 0.1) is 24.1 Å². The molecule has 3 fully saturated rings. The van der Waals surface area contributed by atoms with Gasteiger partial charge in [-0.1, -0.05) is 19.1 Å². The number of hydrogen-bond acceptors (Lipinski definition) is 3. The van der Waals surface area contributed by atoms with Crippen LogP contribution in [0.5, 0.6) is 5.75 Å². The predicted molar refractivity (Wildman–Crippen MR) is 89.4 cm³/mol. The summed E-state index contributed by atoms with van der Waals surface area (Å²) in [4.78, 5) is 27.4. The Morgan fingerprint density at radius 3 is 2.12 bits per heavy atom. The maximum Gasteiger partial charge on any atom is 0.238 e. The van der Waals surface area contributed by atoms with Crippen LogP contribution < -0.4 is 9.64 Å². The summed E-state index contributed by atoms with van der Waals surface area (Å²) >= 11 is 0. The van der Waals surface area contributed by atoms with Crippen LogP contribution in [0.4, 0.5) is 5.69 Å². The highest BCUT2D eigenvalue weighted by Crippen LogP contribution is 2.65. The van der Waals surface area contributed by atoms with Crippen molar-refractivity contribution in [2.45, 2.75) is 19.8 Å². The number of anilines is 1. The number of ether oxygens (including phenoxy) is 1. The summed E-state index contributed by atoms with van der Waals surface area (Å²) in [6.07, 6.45) is 6.55. The largest absolute Gasteiger partial charge is 0.494 e. The van der Waals surface area contributed by atoms with E-state index in [1.54, 1.807) is 0 Å². The molecule has 1 aromatic carbocycles. The normalized spacial score (nSPS) is 38.3. The Morgan fingerprint density at radius 2 is 1.58 bits per heavy atom. The van der Waals surface area contributed by atoms with E-state index in [-0.39, 0.29) is 35.5 Å². The summed E-state index contributed by atoms with van der Waals surface area (Å²) in [5, 5.41) is 0. The fraction of sp³-hybridized carbons (Fsp3) is 0.500. The third-order valence-corrected chi connectivity index (χ3v) is 6.23. The quantitative estimate of drug-likeness (QED) is 0.632. The number of benzene rings is 1. The van der Waals surface area contributed by atoms with E-state index in [0.29, 0.717) is 24.1 Å². The molecule has 5 aliphatic rings. The molecule has 0 aromatic heterocycles. The second-order valence-corrected chi connectivity index (χ2v) is 7.51. The zero-order valence-corrected chi connectivity index (χ0v) is 13.7. The molecular formula is C20H21NO3. The minimum atomic E-state index is -0.132. The van der Waals surface area contributed by atoms with Crippen molar-refractivity contribution in [1.82, 2.24) is 0 Å². The van der Waals surface area contributed by atoms with E-state index in [9.17, 15) is 9.59 Å². The Hall–Kier alpha value is -2.10. The first-order valence-electron chi connectivity index (χ1n) is 8.99. The second-order valence-electron chi connectivity index (χ2n) is 7.51. The van der Waals surface area contributed by atoms with Crippen LogP contribution in [0.3, 0.4) is 0 Å². The molecule has 6 atom stereocenters. The molecule has 4 heteroatoms. The van der Waals surface area contributed by atoms with Gasteiger partial charge < -0.3 is 4.74 Å². The van der Waals surface area contributed by atoms with E-state index < -0.39 is 0 Å². The van der Waals surface area contributed by atoms with Crippen molar-refractivity contribution in [3.05, 3.63) is 36.4 Å². The lowest BCUT2D eigenvalue weighted by atomic mass is 9.63. The van der Waals surface area contributed by atoms with E-state index in [1.807, 2.05) is 24.3 Å². The van der Waals surface area contributed by atoms with Crippen molar-refractivity contribution in [3.63, 3.8) is 0 Å². The summed E-state index contributed by atoms with van der Waals surface area (Å²) in [7, 11) is 0. The van der Waals surface area contributed by atoms with Crippen molar-refractivity contribution in [1.29, 1.82) is 0 Å². The minimum Gasteiger partial charge on any atom is -0.494 e. The van der Waals surface area contributed by atoms with E-state index in [2.05, 4.69) is 19.1 Å². The third kappa shape index (κ3) is 1.80. The molecule has 2 saturated carbocycles. The zero-order chi connectivity index (χ0) is 16.4. The molecular weight excluding hydrogens is 302 g/mol. The molecule has 1 aliphatic heterocycles. The smallest absolute Gasteiger partial charge is 0.238 e. The molecule has 2 bridgehead atoms. The third-order valence-electron chi connectivity index (χ3n) is 6.23. The molecule has 124 valence electrons. The van der Waals surface area contributed by atoms with E-state index in [1.165, 1.54) is 11.3 Å². The molecule has 1 aromatic rings. The first-order chi connectivity index (χ1) is 11.7. The fourth-order valence-corrected chi connectivity index (χ4v) is 5.12. The SMILES string of the molecule is CCCOc1ccc(N2C(=O)[C@H]3[C@@H]4C=C[C@@H]([C@H]5C[C@H]45)[C@@H]3C2=O)cc1. The molecule has 0 N–H and O–H groups in total. The molecule has 0 spiro atoms. The van der Waals surface area contributed by atoms with Gasteiger partial charge in [0.2, 0.25) is 11.8 Å². The maximum absolute atomic E-state index is 13.0. The Labute approximate surface area is 141 Å². The van der Waals surface area contributed by atoms with Gasteiger partial charge in [0.1, 0.15) is 5.75 Å². The van der Waals surface area contributed by atoms with Crippen LogP contribution >= 0.6 is 0 Å². The molecule has 0 unspecified atom stereocenters. The van der Waals surface area contributed by atoms with Crippen LogP contribution in [0.15, 0.2) is 36.4 Å². The standard InChI is InChI=1S/C20H21NO3/c1-2-9-24-12-5-3-11(4-6-12)21-19(22)17-13-7-8-14(16-10-15(13)16)18(17)20(21)23/h3-8,13-18H,2,9-10H2,1H3/t13-,14+,15-,16-,17+,18+/m1/s1. The molecule has 4 nitrogen and oxygen atoms in total. The van der Waals surface area contributed by atoms with Gasteiger partial charge in [0, 0.05) is 0 Å². The van der Waals surface area contributed by atoms with Crippen LogP contribution in [-0.4, -0.2) is 18.4 Å². The van der Waals surface area contributed by atoms with Crippen molar-refractivity contribution in [3.8, 4) is 5.75 Å². The number of hydrogen-bond donors (Lipinski definition) is 0. The second kappa shape index (κ2) is 4.95. The maximum atomic E-state index is 13.0. The molecule has 1 saturated heterocycles. The Kier molecular flexibility index (Phi) is 2.94. The van der Waals surface area contributed by atoms with E-state index in [0.717, 1.165) is 12.2 Å². The number of rotatable bonds is 4. The lowest BCUT2D eigenvalue weighted by Crippen LogP contribution is -2.40. The van der Waals surface area contributed by atoms with Gasteiger partial charge in [0.15, 0.2) is 0 Å². The van der Waals surface area contributed by atoms with Gasteiger partial charge in [0.25, 0.3) is 0 Å². The van der Waals surface area contributed by atoms with Crippen LogP contribution in [0.25, 0.3) is 0 Å². The number of nitrogens with zero attached hydrogens (tertiary/aromatic N) is 1. The highest BCUT2D eigenvalue weighted by Gasteiger charge is 2.67. The number of amides is 2. The fourth-order valence-electron chi connectivity index (χ4n) is 5.12. The summed E-state index contributed by atoms with van der Waals surface area (Å²) in [6, 6.07) is 7.35. The van der Waals surface area contributed by atoms with Gasteiger partial charge in [-0.3, -0.25) is 14.5 Å². The van der Waals surface area contributed by atoms with Crippen LogP contribution in [-0.2, 0) is 9.59 Å². The Morgan fingerprint density at radius 1 is 1.00 bits per heavy atom. The van der Waals surface area contributed by atoms with Crippen molar-refractivity contribution >= 4 is 17.5 Å². The Balaban J connectivity index is 1.44. The van der Waals surface area contributed by atoms with Crippen molar-refractivity contribution in [2.75, 3.05) is 11.5 Å². The van der Waals surface area contributed by atoms with Crippen molar-refractivity contribution in [2.24, 2.45) is 35.5 Å². The number of carbonyl (C=O) groups is 2. The number of carbonyl (C=O) groups excluding carboxylic acids is 2. The van der Waals surface area contributed by atoms with Gasteiger partial charge in [-0.05, 0) is 60.8 Å². The number of allylic oxidation sites excluding steroid dienone is 2. The lowest BCUT2D eigenvalue weighted by Gasteiger charge is -2.37. The first-order valence-corrected chi connectivity index (χ1v) is 8.99. The lowest BCUT2D eigenvalue weighted by molar-refractivity contribution is -0.124. The molecule has 24 heavy (non-hydrogen) atoms. The van der Waals surface area contributed by atoms with Crippen LogP contribution in [0.1, 0.15) is 19.8 Å². The van der Waals surface area contributed by atoms with Crippen LogP contribution in [0.2, 0.25) is 0 Å². The topological polar surface area (TPSA) is 46.6 Å². The summed E-state index contributed by atoms with van der Waals surface area (Å²) in [5.74, 6) is 2.34. The van der Waals surface area contributed by atoms with E-state index in [4.69, 9.17) is 4.74 Å². The predicted octanol–water partition coefficient (Wildman–Crippen LogP) is 3.03. The van der Waals surface area contributed by atoms with Gasteiger partial charge >= 0.3 is 0 Å². The average molecular weight is 323 g/mol. The van der Waals surface area contributed by atoms with E-state index >= 15 is 0 Å². The zero-order valence-electron chi connectivity index (χ0n) is 13.7. The highest BCUT2D eigenvalue weighted by molar-refractivity contribution is 6.22. The number of imide groups is 1. The molecule has 0 radical (unpaired) electrons. The molecule has 2 amide bonds. The summed E-state index contributed by atoms with van der Waals surface area (Å²) in [5.41, 5.74) is 0.677. The van der Waals surface area contributed by atoms with Crippen LogP contribution in [0, 0.1) is 35.5 Å². The molecule has 4 aliphatic carbocycles. The summed E-state index contributed by atoms with van der Waals surface area (Å²) in [6.45, 7) is 2.73. The highest BCUT2D eigenvalue weighted by atomic mass is 16.5. The van der Waals surface area contributed by atoms with Gasteiger partial charge in [-0.15, -0.1) is 0 Å². The Bertz CT molecular complexity index is 702. The summed E-state index contributed by atoms with van der Waals surface area (Å²) < 4.78 is 5.59. The first kappa shape index (κ1) is 14.3. The van der Waals surface area contributed by atoms with Crippen molar-refractivity contribution < 1.29 is 14.3 Å². The monoisotopic (exact) mass is 323 g/mol. The van der Waals surface area contributed by atoms with Gasteiger partial charge in [-0.25, -0.2) is 0 Å². The minimum absolute atomic E-state index is 0.00285. The van der Waals surface area contributed by atoms with Gasteiger partial charge in [-0.2, -0.15) is 0 Å². The molecule has 6 rings (SSSR count). The molecule has 1 heterocycles. The average Bonchev–Trinajstić information content (AvgIpc) is 3.38.